The monoisotopic (exact) mass is 667 g/mol. The van der Waals surface area contributed by atoms with Gasteiger partial charge in [-0.3, -0.25) is 0 Å². The molecule has 2 heterocycles. The summed E-state index contributed by atoms with van der Waals surface area (Å²) in [6, 6.07) is 62.2. The fourth-order valence-electron chi connectivity index (χ4n) is 7.21. The Kier molecular flexibility index (Phi) is 7.00. The maximum atomic E-state index is 5.26. The van der Waals surface area contributed by atoms with Crippen LogP contribution in [0.25, 0.3) is 98.1 Å². The van der Waals surface area contributed by atoms with E-state index in [-0.39, 0.29) is 0 Å². The summed E-state index contributed by atoms with van der Waals surface area (Å²) in [5, 5.41) is 7.19. The SMILES string of the molecule is c1ccc(-c2ccc(-c3nc(-c4ccc(-c5ccc6ccccc6c5)c5ccccc45)nc(-c4cccc5c4sc4ccccc45)n3)cc2)cc1. The van der Waals surface area contributed by atoms with Crippen LogP contribution in [0.15, 0.2) is 176 Å². The lowest BCUT2D eigenvalue weighted by atomic mass is 9.93. The van der Waals surface area contributed by atoms with Gasteiger partial charge >= 0.3 is 0 Å². The molecule has 0 radical (unpaired) electrons. The van der Waals surface area contributed by atoms with Crippen molar-refractivity contribution in [1.82, 2.24) is 15.0 Å². The Bertz CT molecular complexity index is 2910. The van der Waals surface area contributed by atoms with Gasteiger partial charge in [-0.15, -0.1) is 11.3 Å². The van der Waals surface area contributed by atoms with Crippen molar-refractivity contribution in [3.8, 4) is 56.4 Å². The Labute approximate surface area is 299 Å². The molecule has 0 aliphatic heterocycles. The normalized spacial score (nSPS) is 11.5. The Balaban J connectivity index is 1.18. The molecule has 0 saturated heterocycles. The lowest BCUT2D eigenvalue weighted by molar-refractivity contribution is 1.08. The standard InChI is InChI=1S/C47H29N3S/c1-2-11-30(12-3-1)32-21-24-33(25-22-32)45-48-46(50-47(49-45)42-19-10-18-40-39-17-8-9-20-43(39)51-44(40)42)41-28-27-36(37-15-6-7-16-38(37)41)35-26-23-31-13-4-5-14-34(31)29-35/h1-29H. The first-order valence-electron chi connectivity index (χ1n) is 17.1. The summed E-state index contributed by atoms with van der Waals surface area (Å²) in [5.41, 5.74) is 7.63. The van der Waals surface area contributed by atoms with E-state index >= 15 is 0 Å². The first kappa shape index (κ1) is 29.4. The molecule has 51 heavy (non-hydrogen) atoms. The zero-order chi connectivity index (χ0) is 33.7. The largest absolute Gasteiger partial charge is 0.208 e. The van der Waals surface area contributed by atoms with Crippen LogP contribution in [0.5, 0.6) is 0 Å². The van der Waals surface area contributed by atoms with Gasteiger partial charge in [0.2, 0.25) is 0 Å². The van der Waals surface area contributed by atoms with Gasteiger partial charge in [0.05, 0.1) is 0 Å². The molecule has 0 aliphatic rings. The third kappa shape index (κ3) is 5.16. The van der Waals surface area contributed by atoms with Gasteiger partial charge in [-0.25, -0.2) is 15.0 Å². The molecule has 3 nitrogen and oxygen atoms in total. The molecule has 2 aromatic heterocycles. The van der Waals surface area contributed by atoms with Gasteiger partial charge in [0, 0.05) is 36.9 Å². The number of hydrogen-bond donors (Lipinski definition) is 0. The van der Waals surface area contributed by atoms with Crippen molar-refractivity contribution < 1.29 is 0 Å². The Hall–Kier alpha value is -6.49. The fraction of sp³-hybridized carbons (Fsp3) is 0. The summed E-state index contributed by atoms with van der Waals surface area (Å²) >= 11 is 1.79. The second kappa shape index (κ2) is 12.1. The average molecular weight is 668 g/mol. The number of rotatable bonds is 5. The first-order valence-corrected chi connectivity index (χ1v) is 17.9. The molecule has 8 aromatic carbocycles. The van der Waals surface area contributed by atoms with Gasteiger partial charge < -0.3 is 0 Å². The molecule has 0 spiro atoms. The fourth-order valence-corrected chi connectivity index (χ4v) is 8.43. The molecular formula is C47H29N3S. The van der Waals surface area contributed by atoms with E-state index in [2.05, 4.69) is 170 Å². The van der Waals surface area contributed by atoms with Gasteiger partial charge in [0.25, 0.3) is 0 Å². The van der Waals surface area contributed by atoms with Crippen LogP contribution in [0.2, 0.25) is 0 Å². The van der Waals surface area contributed by atoms with Crippen molar-refractivity contribution >= 4 is 53.1 Å². The van der Waals surface area contributed by atoms with Crippen LogP contribution in [0, 0.1) is 0 Å². The van der Waals surface area contributed by atoms with Crippen LogP contribution in [-0.4, -0.2) is 15.0 Å². The highest BCUT2D eigenvalue weighted by atomic mass is 32.1. The number of thiophene rings is 1. The molecule has 4 heteroatoms. The maximum Gasteiger partial charge on any atom is 0.165 e. The molecule has 0 N–H and O–H groups in total. The van der Waals surface area contributed by atoms with E-state index in [0.717, 1.165) is 33.0 Å². The Morgan fingerprint density at radius 2 is 0.882 bits per heavy atom. The van der Waals surface area contributed by atoms with E-state index < -0.39 is 0 Å². The van der Waals surface area contributed by atoms with E-state index in [4.69, 9.17) is 15.0 Å². The van der Waals surface area contributed by atoms with Crippen molar-refractivity contribution in [2.75, 3.05) is 0 Å². The molecule has 0 fully saturated rings. The maximum absolute atomic E-state index is 5.26. The number of aromatic nitrogens is 3. The van der Waals surface area contributed by atoms with Crippen LogP contribution in [0.4, 0.5) is 0 Å². The Morgan fingerprint density at radius 1 is 0.314 bits per heavy atom. The third-order valence-electron chi connectivity index (χ3n) is 9.76. The van der Waals surface area contributed by atoms with Crippen molar-refractivity contribution in [2.24, 2.45) is 0 Å². The molecule has 0 bridgehead atoms. The lowest BCUT2D eigenvalue weighted by Gasteiger charge is -2.14. The highest BCUT2D eigenvalue weighted by Crippen LogP contribution is 2.41. The zero-order valence-electron chi connectivity index (χ0n) is 27.5. The quantitative estimate of drug-likeness (QED) is 0.183. The van der Waals surface area contributed by atoms with Crippen LogP contribution in [0.1, 0.15) is 0 Å². The summed E-state index contributed by atoms with van der Waals surface area (Å²) < 4.78 is 2.43. The molecule has 10 aromatic rings. The third-order valence-corrected chi connectivity index (χ3v) is 11.0. The highest BCUT2D eigenvalue weighted by molar-refractivity contribution is 7.26. The molecule has 10 rings (SSSR count). The van der Waals surface area contributed by atoms with E-state index in [9.17, 15) is 0 Å². The smallest absolute Gasteiger partial charge is 0.165 e. The molecule has 0 atom stereocenters. The Morgan fingerprint density at radius 3 is 1.71 bits per heavy atom. The van der Waals surface area contributed by atoms with Crippen LogP contribution < -0.4 is 0 Å². The number of nitrogens with zero attached hydrogens (tertiary/aromatic N) is 3. The molecular weight excluding hydrogens is 639 g/mol. The van der Waals surface area contributed by atoms with Crippen molar-refractivity contribution in [3.05, 3.63) is 176 Å². The molecule has 0 aliphatic carbocycles. The van der Waals surface area contributed by atoms with Gasteiger partial charge in [-0.1, -0.05) is 152 Å². The van der Waals surface area contributed by atoms with Crippen molar-refractivity contribution in [3.63, 3.8) is 0 Å². The summed E-state index contributed by atoms with van der Waals surface area (Å²) in [6.07, 6.45) is 0. The topological polar surface area (TPSA) is 38.7 Å². The number of hydrogen-bond acceptors (Lipinski definition) is 4. The summed E-state index contributed by atoms with van der Waals surface area (Å²) in [7, 11) is 0. The van der Waals surface area contributed by atoms with Gasteiger partial charge in [0.1, 0.15) is 0 Å². The van der Waals surface area contributed by atoms with Crippen molar-refractivity contribution in [2.45, 2.75) is 0 Å². The molecule has 238 valence electrons. The second-order valence-corrected chi connectivity index (χ2v) is 13.9. The average Bonchev–Trinajstić information content (AvgIpc) is 3.59. The second-order valence-electron chi connectivity index (χ2n) is 12.8. The summed E-state index contributed by atoms with van der Waals surface area (Å²) in [5.74, 6) is 1.97. The van der Waals surface area contributed by atoms with Crippen molar-refractivity contribution in [1.29, 1.82) is 0 Å². The van der Waals surface area contributed by atoms with Gasteiger partial charge in [-0.05, 0) is 68.1 Å². The predicted octanol–water partition coefficient (Wildman–Crippen LogP) is 12.9. The first-order chi connectivity index (χ1) is 25.3. The zero-order valence-corrected chi connectivity index (χ0v) is 28.3. The van der Waals surface area contributed by atoms with E-state index in [1.807, 2.05) is 6.07 Å². The minimum Gasteiger partial charge on any atom is -0.208 e. The number of benzene rings is 8. The van der Waals surface area contributed by atoms with E-state index in [1.54, 1.807) is 11.3 Å². The van der Waals surface area contributed by atoms with Gasteiger partial charge in [0.15, 0.2) is 17.5 Å². The highest BCUT2D eigenvalue weighted by Gasteiger charge is 2.19. The van der Waals surface area contributed by atoms with Crippen LogP contribution in [-0.2, 0) is 0 Å². The minimum atomic E-state index is 0.649. The van der Waals surface area contributed by atoms with E-state index in [1.165, 1.54) is 47.6 Å². The number of fused-ring (bicyclic) bond motifs is 5. The lowest BCUT2D eigenvalue weighted by Crippen LogP contribution is -2.01. The molecule has 0 unspecified atom stereocenters. The molecule has 0 saturated carbocycles. The minimum absolute atomic E-state index is 0.649. The summed E-state index contributed by atoms with van der Waals surface area (Å²) in [4.78, 5) is 15.6. The summed E-state index contributed by atoms with van der Waals surface area (Å²) in [6.45, 7) is 0. The van der Waals surface area contributed by atoms with E-state index in [0.29, 0.717) is 17.5 Å². The molecule has 0 amide bonds. The predicted molar refractivity (Wildman–Crippen MR) is 215 cm³/mol. The van der Waals surface area contributed by atoms with Gasteiger partial charge in [-0.2, -0.15) is 0 Å². The van der Waals surface area contributed by atoms with Crippen LogP contribution >= 0.6 is 11.3 Å². The van der Waals surface area contributed by atoms with Crippen LogP contribution in [0.3, 0.4) is 0 Å².